The minimum absolute atomic E-state index is 0.117. The van der Waals surface area contributed by atoms with Gasteiger partial charge in [-0.1, -0.05) is 24.3 Å². The summed E-state index contributed by atoms with van der Waals surface area (Å²) in [6.07, 6.45) is 0.502. The minimum Gasteiger partial charge on any atom is -0.379 e. The van der Waals surface area contributed by atoms with Crippen molar-refractivity contribution < 1.29 is 18.7 Å². The second-order valence-electron chi connectivity index (χ2n) is 11.4. The van der Waals surface area contributed by atoms with Gasteiger partial charge in [0.25, 0.3) is 5.91 Å². The van der Waals surface area contributed by atoms with E-state index < -0.39 is 5.54 Å². The highest BCUT2D eigenvalue weighted by molar-refractivity contribution is 6.03. The lowest BCUT2D eigenvalue weighted by Crippen LogP contribution is -2.53. The fourth-order valence-electron chi connectivity index (χ4n) is 4.76. The Balaban J connectivity index is 1.58. The van der Waals surface area contributed by atoms with E-state index in [-0.39, 0.29) is 30.3 Å². The number of aryl methyl sites for hydroxylation is 2. The number of hydrogen-bond donors (Lipinski definition) is 1. The number of amides is 3. The number of benzene rings is 2. The maximum Gasteiger partial charge on any atom is 0.318 e. The molecule has 39 heavy (non-hydrogen) atoms. The summed E-state index contributed by atoms with van der Waals surface area (Å²) in [6.45, 7) is 13.7. The lowest BCUT2D eigenvalue weighted by Gasteiger charge is -2.32. The van der Waals surface area contributed by atoms with Crippen molar-refractivity contribution in [3.05, 3.63) is 70.5 Å². The highest BCUT2D eigenvalue weighted by Gasteiger charge is 2.35. The second kappa shape index (κ2) is 12.3. The van der Waals surface area contributed by atoms with E-state index in [4.69, 9.17) is 9.84 Å². The predicted molar refractivity (Wildman–Crippen MR) is 150 cm³/mol. The summed E-state index contributed by atoms with van der Waals surface area (Å²) in [5.74, 6) is -0.618. The molecule has 1 saturated heterocycles. The summed E-state index contributed by atoms with van der Waals surface area (Å²) >= 11 is 0. The van der Waals surface area contributed by atoms with E-state index in [2.05, 4.69) is 36.2 Å². The van der Waals surface area contributed by atoms with Crippen LogP contribution in [0.2, 0.25) is 0 Å². The number of rotatable bonds is 7. The van der Waals surface area contributed by atoms with Crippen molar-refractivity contribution >= 4 is 17.6 Å². The first-order valence-corrected chi connectivity index (χ1v) is 13.6. The van der Waals surface area contributed by atoms with Crippen molar-refractivity contribution in [3.63, 3.8) is 0 Å². The first-order valence-electron chi connectivity index (χ1n) is 13.6. The Morgan fingerprint density at radius 1 is 1.08 bits per heavy atom. The molecule has 9 heteroatoms. The molecule has 0 radical (unpaired) electrons. The Morgan fingerprint density at radius 2 is 1.77 bits per heavy atom. The molecule has 0 spiro atoms. The van der Waals surface area contributed by atoms with Crippen LogP contribution in [0.25, 0.3) is 0 Å². The van der Waals surface area contributed by atoms with E-state index in [0.29, 0.717) is 32.7 Å². The van der Waals surface area contributed by atoms with Gasteiger partial charge in [0.2, 0.25) is 0 Å². The highest BCUT2D eigenvalue weighted by atomic mass is 19.1. The molecule has 4 rings (SSSR count). The Bertz CT molecular complexity index is 1200. The summed E-state index contributed by atoms with van der Waals surface area (Å²) in [4.78, 5) is 30.9. The number of nitrogens with zero attached hydrogens (tertiary/aromatic N) is 4. The number of urea groups is 1. The van der Waals surface area contributed by atoms with Gasteiger partial charge in [0.05, 0.1) is 25.0 Å². The first-order chi connectivity index (χ1) is 18.5. The zero-order chi connectivity index (χ0) is 28.2. The molecule has 1 N–H and O–H groups in total. The standard InChI is InChI=1S/C30H40FN5O3/c1-21-6-7-24(18-22(21)2)26-19-27(23-8-10-25(31)11-9-23)36(33-26)28(37)20-35(29(38)32-30(3,4)5)13-12-34-14-16-39-17-15-34/h6-11,18,27H,12-17,19-20H2,1-5H3,(H,32,38)/t27-/m0/s1. The third-order valence-corrected chi connectivity index (χ3v) is 7.15. The molecule has 0 aliphatic carbocycles. The molecule has 2 heterocycles. The van der Waals surface area contributed by atoms with Crippen LogP contribution in [0, 0.1) is 19.7 Å². The number of halogens is 1. The van der Waals surface area contributed by atoms with Crippen molar-refractivity contribution in [2.75, 3.05) is 45.9 Å². The molecule has 3 amide bonds. The average molecular weight is 538 g/mol. The Morgan fingerprint density at radius 3 is 2.41 bits per heavy atom. The summed E-state index contributed by atoms with van der Waals surface area (Å²) in [5, 5.41) is 9.24. The summed E-state index contributed by atoms with van der Waals surface area (Å²) < 4.78 is 19.2. The van der Waals surface area contributed by atoms with Crippen molar-refractivity contribution in [1.82, 2.24) is 20.1 Å². The van der Waals surface area contributed by atoms with Crippen molar-refractivity contribution in [1.29, 1.82) is 0 Å². The van der Waals surface area contributed by atoms with Crippen LogP contribution in [0.4, 0.5) is 9.18 Å². The number of hydrogen-bond acceptors (Lipinski definition) is 5. The zero-order valence-corrected chi connectivity index (χ0v) is 23.7. The fraction of sp³-hybridized carbons (Fsp3) is 0.500. The van der Waals surface area contributed by atoms with Crippen LogP contribution < -0.4 is 5.32 Å². The van der Waals surface area contributed by atoms with E-state index in [1.54, 1.807) is 17.0 Å². The van der Waals surface area contributed by atoms with Gasteiger partial charge >= 0.3 is 6.03 Å². The highest BCUT2D eigenvalue weighted by Crippen LogP contribution is 2.33. The average Bonchev–Trinajstić information content (AvgIpc) is 3.34. The fourth-order valence-corrected chi connectivity index (χ4v) is 4.76. The second-order valence-corrected chi connectivity index (χ2v) is 11.4. The minimum atomic E-state index is -0.448. The predicted octanol–water partition coefficient (Wildman–Crippen LogP) is 4.26. The molecule has 2 aliphatic heterocycles. The molecule has 1 fully saturated rings. The Hall–Kier alpha value is -3.30. The van der Waals surface area contributed by atoms with Gasteiger partial charge in [-0.15, -0.1) is 0 Å². The lowest BCUT2D eigenvalue weighted by atomic mass is 9.96. The largest absolute Gasteiger partial charge is 0.379 e. The SMILES string of the molecule is Cc1ccc(C2=NN(C(=O)CN(CCN3CCOCC3)C(=O)NC(C)(C)C)[C@H](c3ccc(F)cc3)C2)cc1C. The van der Waals surface area contributed by atoms with Crippen LogP contribution in [0.15, 0.2) is 47.6 Å². The number of carbonyl (C=O) groups excluding carboxylic acids is 2. The van der Waals surface area contributed by atoms with Crippen molar-refractivity contribution in [2.24, 2.45) is 5.10 Å². The van der Waals surface area contributed by atoms with Crippen LogP contribution >= 0.6 is 0 Å². The van der Waals surface area contributed by atoms with Gasteiger partial charge in [-0.25, -0.2) is 14.2 Å². The first kappa shape index (κ1) is 28.7. The maximum atomic E-state index is 13.8. The van der Waals surface area contributed by atoms with Gasteiger partial charge in [-0.2, -0.15) is 5.10 Å². The van der Waals surface area contributed by atoms with Gasteiger partial charge < -0.3 is 15.0 Å². The molecule has 2 aromatic rings. The molecule has 2 aliphatic rings. The van der Waals surface area contributed by atoms with E-state index in [1.807, 2.05) is 26.8 Å². The zero-order valence-electron chi connectivity index (χ0n) is 23.7. The number of hydrazone groups is 1. The molecule has 210 valence electrons. The monoisotopic (exact) mass is 537 g/mol. The summed E-state index contributed by atoms with van der Waals surface area (Å²) in [7, 11) is 0. The number of ether oxygens (including phenoxy) is 1. The van der Waals surface area contributed by atoms with Crippen LogP contribution in [0.3, 0.4) is 0 Å². The number of nitrogens with one attached hydrogen (secondary N) is 1. The van der Waals surface area contributed by atoms with E-state index in [1.165, 1.54) is 22.7 Å². The van der Waals surface area contributed by atoms with Gasteiger partial charge in [-0.05, 0) is 75.1 Å². The molecule has 0 saturated carbocycles. The third-order valence-electron chi connectivity index (χ3n) is 7.15. The van der Waals surface area contributed by atoms with Gasteiger partial charge in [0.1, 0.15) is 12.4 Å². The van der Waals surface area contributed by atoms with Crippen LogP contribution in [-0.2, 0) is 9.53 Å². The number of carbonyl (C=O) groups is 2. The normalized spacial score (nSPS) is 18.2. The van der Waals surface area contributed by atoms with Crippen LogP contribution in [0.5, 0.6) is 0 Å². The van der Waals surface area contributed by atoms with Crippen molar-refractivity contribution in [3.8, 4) is 0 Å². The van der Waals surface area contributed by atoms with E-state index in [9.17, 15) is 14.0 Å². The lowest BCUT2D eigenvalue weighted by molar-refractivity contribution is -0.133. The Kier molecular flexibility index (Phi) is 9.02. The molecule has 8 nitrogen and oxygen atoms in total. The quantitative estimate of drug-likeness (QED) is 0.573. The molecule has 2 aromatic carbocycles. The summed E-state index contributed by atoms with van der Waals surface area (Å²) in [6, 6.07) is 11.7. The molecule has 0 bridgehead atoms. The van der Waals surface area contributed by atoms with E-state index >= 15 is 0 Å². The van der Waals surface area contributed by atoms with E-state index in [0.717, 1.165) is 35.5 Å². The maximum absolute atomic E-state index is 13.8. The third kappa shape index (κ3) is 7.64. The molecular weight excluding hydrogens is 497 g/mol. The number of morpholine rings is 1. The smallest absolute Gasteiger partial charge is 0.318 e. The summed E-state index contributed by atoms with van der Waals surface area (Å²) in [5.41, 5.74) is 4.42. The van der Waals surface area contributed by atoms with Crippen LogP contribution in [0.1, 0.15) is 55.5 Å². The van der Waals surface area contributed by atoms with Gasteiger partial charge in [-0.3, -0.25) is 9.69 Å². The van der Waals surface area contributed by atoms with Crippen LogP contribution in [-0.4, -0.2) is 83.9 Å². The van der Waals surface area contributed by atoms with Gasteiger partial charge in [0, 0.05) is 38.1 Å². The molecule has 0 unspecified atom stereocenters. The molecule has 1 atom stereocenters. The molecular formula is C30H40FN5O3. The van der Waals surface area contributed by atoms with Crippen molar-refractivity contribution in [2.45, 2.75) is 52.6 Å². The Labute approximate surface area is 230 Å². The topological polar surface area (TPSA) is 77.5 Å². The van der Waals surface area contributed by atoms with Gasteiger partial charge in [0.15, 0.2) is 0 Å². The molecule has 0 aromatic heterocycles.